The molecule has 2 saturated heterocycles. The third kappa shape index (κ3) is 5.75. The van der Waals surface area contributed by atoms with Gasteiger partial charge in [-0.1, -0.05) is 13.8 Å². The van der Waals surface area contributed by atoms with Crippen LogP contribution in [-0.4, -0.2) is 62.4 Å². The third-order valence-electron chi connectivity index (χ3n) is 8.93. The van der Waals surface area contributed by atoms with Crippen LogP contribution in [0.5, 0.6) is 0 Å². The van der Waals surface area contributed by atoms with Crippen molar-refractivity contribution >= 4 is 45.1 Å². The molecule has 0 spiro atoms. The Balaban J connectivity index is 1.30. The molecule has 2 unspecified atom stereocenters. The lowest BCUT2D eigenvalue weighted by Crippen LogP contribution is -2.44. The number of carbonyl (C=O) groups excluding carboxylic acids is 3. The van der Waals surface area contributed by atoms with Crippen LogP contribution in [0.1, 0.15) is 63.6 Å². The first-order valence-electron chi connectivity index (χ1n) is 15.0. The molecule has 0 aromatic carbocycles. The summed E-state index contributed by atoms with van der Waals surface area (Å²) in [6.07, 6.45) is -2.37. The van der Waals surface area contributed by atoms with Crippen LogP contribution < -0.4 is 5.32 Å². The summed E-state index contributed by atoms with van der Waals surface area (Å²) in [4.78, 5) is 50.6. The number of anilines is 1. The maximum Gasteiger partial charge on any atom is 0.433 e. The SMILES string of the molecule is Cc1cc(C(F)(F)F)nc(-c2ccnc3cc(CN4C(=O)C5C(C4=O)C5(C)C)sc23)c1NC1CCN(C(=O)OC(C)(C)C)CC1. The summed E-state index contributed by atoms with van der Waals surface area (Å²) in [6, 6.07) is 4.35. The van der Waals surface area contributed by atoms with Gasteiger partial charge in [0.1, 0.15) is 11.3 Å². The topological polar surface area (TPSA) is 105 Å². The van der Waals surface area contributed by atoms with Gasteiger partial charge in [0.25, 0.3) is 0 Å². The molecule has 2 atom stereocenters. The smallest absolute Gasteiger partial charge is 0.433 e. The van der Waals surface area contributed by atoms with Gasteiger partial charge < -0.3 is 15.0 Å². The van der Waals surface area contributed by atoms with E-state index in [0.717, 1.165) is 6.07 Å². The van der Waals surface area contributed by atoms with Gasteiger partial charge in [0.05, 0.1) is 40.0 Å². The normalized spacial score (nSPS) is 21.8. The summed E-state index contributed by atoms with van der Waals surface area (Å²) in [5, 5.41) is 3.44. The highest BCUT2D eigenvalue weighted by Gasteiger charge is 2.72. The maximum absolute atomic E-state index is 14.0. The van der Waals surface area contributed by atoms with Gasteiger partial charge >= 0.3 is 12.3 Å². The van der Waals surface area contributed by atoms with Crippen LogP contribution in [0.2, 0.25) is 0 Å². The largest absolute Gasteiger partial charge is 0.444 e. The van der Waals surface area contributed by atoms with Crippen molar-refractivity contribution in [2.24, 2.45) is 17.3 Å². The van der Waals surface area contributed by atoms with Crippen LogP contribution in [0, 0.1) is 24.2 Å². The summed E-state index contributed by atoms with van der Waals surface area (Å²) in [7, 11) is 0. The van der Waals surface area contributed by atoms with Crippen molar-refractivity contribution in [2.45, 2.75) is 78.7 Å². The summed E-state index contributed by atoms with van der Waals surface area (Å²) in [5.41, 5.74) is 0.104. The Morgan fingerprint density at radius 3 is 2.36 bits per heavy atom. The summed E-state index contributed by atoms with van der Waals surface area (Å²) in [5.74, 6) is -0.954. The van der Waals surface area contributed by atoms with Crippen LogP contribution >= 0.6 is 11.3 Å². The number of amides is 3. The molecule has 6 rings (SSSR count). The highest BCUT2D eigenvalue weighted by Crippen LogP contribution is 2.63. The van der Waals surface area contributed by atoms with Gasteiger partial charge in [-0.25, -0.2) is 9.78 Å². The van der Waals surface area contributed by atoms with E-state index in [0.29, 0.717) is 57.8 Å². The average Bonchev–Trinajstić information content (AvgIpc) is 3.18. The van der Waals surface area contributed by atoms with E-state index >= 15 is 0 Å². The van der Waals surface area contributed by atoms with E-state index in [1.165, 1.54) is 22.4 Å². The number of thiophene rings is 1. The van der Waals surface area contributed by atoms with E-state index in [4.69, 9.17) is 4.74 Å². The van der Waals surface area contributed by atoms with E-state index in [-0.39, 0.29) is 53.4 Å². The van der Waals surface area contributed by atoms with Crippen molar-refractivity contribution in [2.75, 3.05) is 18.4 Å². The van der Waals surface area contributed by atoms with Crippen molar-refractivity contribution in [3.63, 3.8) is 0 Å². The fourth-order valence-electron chi connectivity index (χ4n) is 6.50. The third-order valence-corrected chi connectivity index (χ3v) is 10.1. The maximum atomic E-state index is 14.0. The lowest BCUT2D eigenvalue weighted by Gasteiger charge is -2.34. The Kier molecular flexibility index (Phi) is 7.41. The highest BCUT2D eigenvalue weighted by molar-refractivity contribution is 7.19. The number of aryl methyl sites for hydroxylation is 1. The number of alkyl halides is 3. The van der Waals surface area contributed by atoms with Gasteiger partial charge in [0, 0.05) is 35.8 Å². The molecule has 1 aliphatic carbocycles. The highest BCUT2D eigenvalue weighted by atomic mass is 32.1. The minimum atomic E-state index is -4.66. The lowest BCUT2D eigenvalue weighted by atomic mass is 10.0. The first-order valence-corrected chi connectivity index (χ1v) is 15.8. The molecule has 240 valence electrons. The number of pyridine rings is 2. The first kappa shape index (κ1) is 31.3. The van der Waals surface area contributed by atoms with Crippen molar-refractivity contribution in [1.82, 2.24) is 19.8 Å². The number of rotatable bonds is 5. The molecule has 3 aliphatic rings. The van der Waals surface area contributed by atoms with E-state index in [2.05, 4.69) is 15.3 Å². The molecule has 1 saturated carbocycles. The Morgan fingerprint density at radius 1 is 1.11 bits per heavy atom. The standard InChI is InChI=1S/C32H36F3N5O4S/c1-16-13-21(32(33,34)35)38-25(24(16)37-17-8-11-39(12-9-17)29(43)44-30(2,3)4)19-7-10-36-20-14-18(45-26(19)20)15-40-27(41)22-23(28(40)42)31(22,5)6/h7,10,13-14,17,22-23,37H,8-9,11-12,15H2,1-6H3. The van der Waals surface area contributed by atoms with Gasteiger partial charge in [-0.15, -0.1) is 11.3 Å². The van der Waals surface area contributed by atoms with Gasteiger partial charge in [-0.05, 0) is 69.7 Å². The molecular formula is C32H36F3N5O4S. The zero-order chi connectivity index (χ0) is 32.6. The molecule has 13 heteroatoms. The van der Waals surface area contributed by atoms with Crippen molar-refractivity contribution in [3.05, 3.63) is 40.5 Å². The lowest BCUT2D eigenvalue weighted by molar-refractivity contribution is -0.144. The zero-order valence-corrected chi connectivity index (χ0v) is 26.9. The summed E-state index contributed by atoms with van der Waals surface area (Å²) in [6.45, 7) is 11.9. The Bertz CT molecular complexity index is 1680. The quantitative estimate of drug-likeness (QED) is 0.311. The van der Waals surface area contributed by atoms with Crippen molar-refractivity contribution < 1.29 is 32.3 Å². The average molecular weight is 644 g/mol. The molecule has 3 amide bonds. The van der Waals surface area contributed by atoms with Gasteiger partial charge in [-0.3, -0.25) is 19.5 Å². The number of aromatic nitrogens is 2. The number of imide groups is 1. The predicted octanol–water partition coefficient (Wildman–Crippen LogP) is 6.64. The predicted molar refractivity (Wildman–Crippen MR) is 163 cm³/mol. The first-order chi connectivity index (χ1) is 21.0. The van der Waals surface area contributed by atoms with Crippen LogP contribution in [0.15, 0.2) is 24.4 Å². The molecule has 5 heterocycles. The Morgan fingerprint density at radius 2 is 1.76 bits per heavy atom. The van der Waals surface area contributed by atoms with Gasteiger partial charge in [-0.2, -0.15) is 13.2 Å². The molecular weight excluding hydrogens is 607 g/mol. The summed E-state index contributed by atoms with van der Waals surface area (Å²) < 4.78 is 48.1. The van der Waals surface area contributed by atoms with E-state index in [1.807, 2.05) is 34.6 Å². The molecule has 9 nitrogen and oxygen atoms in total. The van der Waals surface area contributed by atoms with Crippen LogP contribution in [0.4, 0.5) is 23.7 Å². The fourth-order valence-corrected chi connectivity index (χ4v) is 7.62. The minimum absolute atomic E-state index is 0.0948. The number of ether oxygens (including phenoxy) is 1. The van der Waals surface area contributed by atoms with Gasteiger partial charge in [0.15, 0.2) is 0 Å². The number of hydrogen-bond acceptors (Lipinski definition) is 8. The van der Waals surface area contributed by atoms with Crippen LogP contribution in [0.25, 0.3) is 21.5 Å². The molecule has 45 heavy (non-hydrogen) atoms. The number of hydrogen-bond donors (Lipinski definition) is 1. The summed E-state index contributed by atoms with van der Waals surface area (Å²) >= 11 is 1.29. The minimum Gasteiger partial charge on any atom is -0.444 e. The number of fused-ring (bicyclic) bond motifs is 2. The zero-order valence-electron chi connectivity index (χ0n) is 26.0. The second kappa shape index (κ2) is 10.7. The number of nitrogens with one attached hydrogen (secondary N) is 1. The van der Waals surface area contributed by atoms with E-state index in [9.17, 15) is 27.6 Å². The van der Waals surface area contributed by atoms with Crippen LogP contribution in [0.3, 0.4) is 0 Å². The number of carbonyl (C=O) groups is 3. The van der Waals surface area contributed by atoms with E-state index < -0.39 is 17.5 Å². The van der Waals surface area contributed by atoms with Gasteiger partial charge in [0.2, 0.25) is 11.8 Å². The number of likely N-dealkylation sites (tertiary alicyclic amines) is 2. The van der Waals surface area contributed by atoms with Crippen LogP contribution in [-0.2, 0) is 27.0 Å². The molecule has 1 N–H and O–H groups in total. The number of nitrogens with zero attached hydrogens (tertiary/aromatic N) is 4. The van der Waals surface area contributed by atoms with Crippen molar-refractivity contribution in [1.29, 1.82) is 0 Å². The van der Waals surface area contributed by atoms with Crippen molar-refractivity contribution in [3.8, 4) is 11.3 Å². The Hall–Kier alpha value is -3.74. The molecule has 2 aliphatic heterocycles. The molecule has 0 radical (unpaired) electrons. The van der Waals surface area contributed by atoms with E-state index in [1.54, 1.807) is 24.0 Å². The second-order valence-corrected chi connectivity index (χ2v) is 14.9. The molecule has 3 fully saturated rings. The number of piperidine rings is 2. The monoisotopic (exact) mass is 643 g/mol. The number of halogens is 3. The molecule has 3 aromatic heterocycles. The fraction of sp³-hybridized carbons (Fsp3) is 0.531. The molecule has 0 bridgehead atoms. The Labute approximate surface area is 263 Å². The molecule has 3 aromatic rings. The second-order valence-electron chi connectivity index (χ2n) is 13.8.